The first kappa shape index (κ1) is 14.6. The highest BCUT2D eigenvalue weighted by molar-refractivity contribution is 9.10. The van der Waals surface area contributed by atoms with E-state index in [-0.39, 0.29) is 5.82 Å². The number of rotatable bonds is 7. The van der Waals surface area contributed by atoms with E-state index < -0.39 is 0 Å². The Morgan fingerprint density at radius 3 is 2.76 bits per heavy atom. The van der Waals surface area contributed by atoms with Gasteiger partial charge in [-0.3, -0.25) is 4.90 Å². The van der Waals surface area contributed by atoms with Crippen molar-refractivity contribution in [2.75, 3.05) is 19.6 Å². The first-order valence-electron chi connectivity index (χ1n) is 6.04. The van der Waals surface area contributed by atoms with Crippen molar-refractivity contribution in [2.45, 2.75) is 26.3 Å². The largest absolute Gasteiger partial charge is 0.329 e. The van der Waals surface area contributed by atoms with Crippen LogP contribution < -0.4 is 5.73 Å². The Hall–Kier alpha value is -0.450. The number of hydrogen-bond acceptors (Lipinski definition) is 2. The number of nitrogens with two attached hydrogens (primary N) is 1. The standard InChI is InChI=1S/C13H20BrFN2/c1-2-3-8-17(9-7-16)10-11-5-4-6-12(15)13(11)14/h4-6H,2-3,7-10,16H2,1H3. The Morgan fingerprint density at radius 1 is 1.35 bits per heavy atom. The summed E-state index contributed by atoms with van der Waals surface area (Å²) in [7, 11) is 0. The molecule has 0 bridgehead atoms. The summed E-state index contributed by atoms with van der Waals surface area (Å²) in [4.78, 5) is 2.27. The van der Waals surface area contributed by atoms with Crippen molar-refractivity contribution in [3.8, 4) is 0 Å². The van der Waals surface area contributed by atoms with E-state index in [1.54, 1.807) is 6.07 Å². The lowest BCUT2D eigenvalue weighted by atomic mass is 10.2. The normalized spacial score (nSPS) is 11.1. The minimum Gasteiger partial charge on any atom is -0.329 e. The second-order valence-corrected chi connectivity index (χ2v) is 4.92. The summed E-state index contributed by atoms with van der Waals surface area (Å²) in [5.41, 5.74) is 6.58. The highest BCUT2D eigenvalue weighted by Crippen LogP contribution is 2.21. The van der Waals surface area contributed by atoms with E-state index in [2.05, 4.69) is 27.8 Å². The first-order valence-corrected chi connectivity index (χ1v) is 6.83. The van der Waals surface area contributed by atoms with E-state index in [4.69, 9.17) is 5.73 Å². The van der Waals surface area contributed by atoms with E-state index in [9.17, 15) is 4.39 Å². The molecular formula is C13H20BrFN2. The van der Waals surface area contributed by atoms with Gasteiger partial charge in [-0.05, 0) is 40.5 Å². The highest BCUT2D eigenvalue weighted by atomic mass is 79.9. The molecular weight excluding hydrogens is 283 g/mol. The molecule has 2 nitrogen and oxygen atoms in total. The van der Waals surface area contributed by atoms with Gasteiger partial charge in [0.05, 0.1) is 4.47 Å². The maximum absolute atomic E-state index is 13.4. The topological polar surface area (TPSA) is 29.3 Å². The molecule has 0 fully saturated rings. The monoisotopic (exact) mass is 302 g/mol. The maximum atomic E-state index is 13.4. The number of halogens is 2. The molecule has 96 valence electrons. The Morgan fingerprint density at radius 2 is 2.12 bits per heavy atom. The first-order chi connectivity index (χ1) is 8.19. The highest BCUT2D eigenvalue weighted by Gasteiger charge is 2.09. The second kappa shape index (κ2) is 7.80. The van der Waals surface area contributed by atoms with Crippen LogP contribution in [0.2, 0.25) is 0 Å². The van der Waals surface area contributed by atoms with Crippen molar-refractivity contribution < 1.29 is 4.39 Å². The lowest BCUT2D eigenvalue weighted by Gasteiger charge is -2.22. The molecule has 1 aromatic carbocycles. The molecule has 17 heavy (non-hydrogen) atoms. The Kier molecular flexibility index (Phi) is 6.70. The zero-order valence-corrected chi connectivity index (χ0v) is 11.8. The van der Waals surface area contributed by atoms with Gasteiger partial charge in [0.25, 0.3) is 0 Å². The number of benzene rings is 1. The van der Waals surface area contributed by atoms with Gasteiger partial charge in [0, 0.05) is 19.6 Å². The van der Waals surface area contributed by atoms with Gasteiger partial charge in [-0.15, -0.1) is 0 Å². The summed E-state index contributed by atoms with van der Waals surface area (Å²) < 4.78 is 13.9. The van der Waals surface area contributed by atoms with Crippen LogP contribution in [0.3, 0.4) is 0 Å². The van der Waals surface area contributed by atoms with Crippen molar-refractivity contribution in [1.82, 2.24) is 4.90 Å². The zero-order valence-electron chi connectivity index (χ0n) is 10.3. The molecule has 0 saturated carbocycles. The Balaban J connectivity index is 2.67. The third kappa shape index (κ3) is 4.74. The van der Waals surface area contributed by atoms with Crippen LogP contribution in [0.1, 0.15) is 25.3 Å². The summed E-state index contributed by atoms with van der Waals surface area (Å²) >= 11 is 3.30. The number of nitrogens with zero attached hydrogens (tertiary/aromatic N) is 1. The maximum Gasteiger partial charge on any atom is 0.137 e. The lowest BCUT2D eigenvalue weighted by Crippen LogP contribution is -2.30. The fourth-order valence-electron chi connectivity index (χ4n) is 1.75. The summed E-state index contributed by atoms with van der Waals surface area (Å²) in [6.07, 6.45) is 2.30. The van der Waals surface area contributed by atoms with Crippen molar-refractivity contribution in [1.29, 1.82) is 0 Å². The van der Waals surface area contributed by atoms with Crippen molar-refractivity contribution in [3.63, 3.8) is 0 Å². The third-order valence-electron chi connectivity index (χ3n) is 2.70. The molecule has 0 radical (unpaired) electrons. The van der Waals surface area contributed by atoms with Crippen LogP contribution in [-0.2, 0) is 6.54 Å². The van der Waals surface area contributed by atoms with Gasteiger partial charge in [0.15, 0.2) is 0 Å². The van der Waals surface area contributed by atoms with Gasteiger partial charge in [-0.25, -0.2) is 4.39 Å². The average Bonchev–Trinajstić information content (AvgIpc) is 2.32. The van der Waals surface area contributed by atoms with Gasteiger partial charge in [0.2, 0.25) is 0 Å². The molecule has 0 spiro atoms. The smallest absolute Gasteiger partial charge is 0.137 e. The summed E-state index contributed by atoms with van der Waals surface area (Å²) in [5, 5.41) is 0. The fraction of sp³-hybridized carbons (Fsp3) is 0.538. The molecule has 4 heteroatoms. The van der Waals surface area contributed by atoms with Crippen LogP contribution in [0.15, 0.2) is 22.7 Å². The van der Waals surface area contributed by atoms with Crippen LogP contribution in [0.4, 0.5) is 4.39 Å². The Bertz CT molecular complexity index is 344. The summed E-state index contributed by atoms with van der Waals surface area (Å²) in [5.74, 6) is -0.203. The van der Waals surface area contributed by atoms with Crippen LogP contribution in [0.5, 0.6) is 0 Å². The third-order valence-corrected chi connectivity index (χ3v) is 3.59. The van der Waals surface area contributed by atoms with Crippen molar-refractivity contribution in [2.24, 2.45) is 5.73 Å². The average molecular weight is 303 g/mol. The molecule has 0 aliphatic heterocycles. The quantitative estimate of drug-likeness (QED) is 0.838. The zero-order chi connectivity index (χ0) is 12.7. The predicted molar refractivity (Wildman–Crippen MR) is 73.3 cm³/mol. The lowest BCUT2D eigenvalue weighted by molar-refractivity contribution is 0.267. The molecule has 0 aliphatic carbocycles. The molecule has 1 aromatic rings. The van der Waals surface area contributed by atoms with E-state index in [1.807, 2.05) is 6.07 Å². The molecule has 0 unspecified atom stereocenters. The van der Waals surface area contributed by atoms with E-state index in [1.165, 1.54) is 6.07 Å². The molecule has 0 amide bonds. The Labute approximate surface area is 111 Å². The minimum atomic E-state index is -0.203. The van der Waals surface area contributed by atoms with Gasteiger partial charge < -0.3 is 5.73 Å². The molecule has 0 aromatic heterocycles. The molecule has 1 rings (SSSR count). The van der Waals surface area contributed by atoms with Crippen LogP contribution in [0.25, 0.3) is 0 Å². The number of unbranched alkanes of at least 4 members (excludes halogenated alkanes) is 1. The van der Waals surface area contributed by atoms with Gasteiger partial charge in [0.1, 0.15) is 5.82 Å². The van der Waals surface area contributed by atoms with E-state index in [0.29, 0.717) is 11.0 Å². The molecule has 0 saturated heterocycles. The van der Waals surface area contributed by atoms with Crippen LogP contribution in [-0.4, -0.2) is 24.5 Å². The second-order valence-electron chi connectivity index (χ2n) is 4.13. The van der Waals surface area contributed by atoms with E-state index in [0.717, 1.165) is 38.0 Å². The predicted octanol–water partition coefficient (Wildman–Crippen LogP) is 3.15. The summed E-state index contributed by atoms with van der Waals surface area (Å²) in [6, 6.07) is 5.16. The van der Waals surface area contributed by atoms with Crippen LogP contribution in [0, 0.1) is 5.82 Å². The minimum absolute atomic E-state index is 0.203. The van der Waals surface area contributed by atoms with Gasteiger partial charge in [-0.1, -0.05) is 25.5 Å². The van der Waals surface area contributed by atoms with Crippen molar-refractivity contribution >= 4 is 15.9 Å². The number of hydrogen-bond donors (Lipinski definition) is 1. The van der Waals surface area contributed by atoms with Crippen molar-refractivity contribution in [3.05, 3.63) is 34.1 Å². The molecule has 0 heterocycles. The van der Waals surface area contributed by atoms with E-state index >= 15 is 0 Å². The summed E-state index contributed by atoms with van der Waals surface area (Å²) in [6.45, 7) is 5.41. The van der Waals surface area contributed by atoms with Crippen LogP contribution >= 0.6 is 15.9 Å². The molecule has 0 atom stereocenters. The fourth-order valence-corrected chi connectivity index (χ4v) is 2.14. The molecule has 0 aliphatic rings. The SMILES string of the molecule is CCCCN(CCN)Cc1cccc(F)c1Br. The van der Waals surface area contributed by atoms with Gasteiger partial charge in [-0.2, -0.15) is 0 Å². The van der Waals surface area contributed by atoms with Gasteiger partial charge >= 0.3 is 0 Å². The molecule has 2 N–H and O–H groups in total.